The lowest BCUT2D eigenvalue weighted by Crippen LogP contribution is -2.25. The lowest BCUT2D eigenvalue weighted by molar-refractivity contribution is -0.114. The molecule has 4 nitrogen and oxygen atoms in total. The Labute approximate surface area is 134 Å². The van der Waals surface area contributed by atoms with Crippen molar-refractivity contribution in [3.8, 4) is 0 Å². The molecule has 0 saturated heterocycles. The number of benzene rings is 2. The smallest absolute Gasteiger partial charge is 0.251 e. The van der Waals surface area contributed by atoms with E-state index in [4.69, 9.17) is 11.6 Å². The maximum atomic E-state index is 12.0. The molecule has 0 bridgehead atoms. The van der Waals surface area contributed by atoms with Gasteiger partial charge in [0.1, 0.15) is 0 Å². The van der Waals surface area contributed by atoms with E-state index in [1.807, 2.05) is 24.3 Å². The van der Waals surface area contributed by atoms with E-state index in [0.29, 0.717) is 22.8 Å². The molecule has 114 valence electrons. The number of nitrogens with one attached hydrogen (secondary N) is 2. The van der Waals surface area contributed by atoms with E-state index in [9.17, 15) is 9.59 Å². The van der Waals surface area contributed by atoms with E-state index in [1.165, 1.54) is 6.92 Å². The minimum Gasteiger partial charge on any atom is -0.352 e. The van der Waals surface area contributed by atoms with Crippen molar-refractivity contribution in [1.29, 1.82) is 0 Å². The van der Waals surface area contributed by atoms with Crippen molar-refractivity contribution >= 4 is 29.1 Å². The van der Waals surface area contributed by atoms with Crippen molar-refractivity contribution in [3.05, 3.63) is 64.7 Å². The van der Waals surface area contributed by atoms with Crippen LogP contribution in [0.1, 0.15) is 22.8 Å². The Bertz CT molecular complexity index is 651. The summed E-state index contributed by atoms with van der Waals surface area (Å²) in [6.45, 7) is 1.99. The summed E-state index contributed by atoms with van der Waals surface area (Å²) in [6.07, 6.45) is 0.743. The molecule has 0 radical (unpaired) electrons. The van der Waals surface area contributed by atoms with E-state index in [2.05, 4.69) is 10.6 Å². The number of hydrogen-bond donors (Lipinski definition) is 2. The van der Waals surface area contributed by atoms with Crippen LogP contribution < -0.4 is 10.6 Å². The topological polar surface area (TPSA) is 58.2 Å². The molecule has 0 aliphatic heterocycles. The summed E-state index contributed by atoms with van der Waals surface area (Å²) < 4.78 is 0. The van der Waals surface area contributed by atoms with E-state index in [-0.39, 0.29) is 11.8 Å². The zero-order valence-electron chi connectivity index (χ0n) is 12.2. The second kappa shape index (κ2) is 7.61. The van der Waals surface area contributed by atoms with Crippen LogP contribution in [0.5, 0.6) is 0 Å². The highest BCUT2D eigenvalue weighted by Crippen LogP contribution is 2.11. The van der Waals surface area contributed by atoms with E-state index < -0.39 is 0 Å². The number of amides is 2. The molecule has 0 unspecified atom stereocenters. The zero-order chi connectivity index (χ0) is 15.9. The van der Waals surface area contributed by atoms with Crippen LogP contribution in [-0.4, -0.2) is 18.4 Å². The Morgan fingerprint density at radius 2 is 1.64 bits per heavy atom. The average molecular weight is 317 g/mol. The highest BCUT2D eigenvalue weighted by molar-refractivity contribution is 6.30. The van der Waals surface area contributed by atoms with Gasteiger partial charge in [-0.1, -0.05) is 23.7 Å². The monoisotopic (exact) mass is 316 g/mol. The summed E-state index contributed by atoms with van der Waals surface area (Å²) >= 11 is 5.82. The van der Waals surface area contributed by atoms with Crippen LogP contribution >= 0.6 is 11.6 Å². The Morgan fingerprint density at radius 1 is 1.00 bits per heavy atom. The fourth-order valence-corrected chi connectivity index (χ4v) is 2.11. The van der Waals surface area contributed by atoms with Gasteiger partial charge in [-0.15, -0.1) is 0 Å². The van der Waals surface area contributed by atoms with E-state index in [1.54, 1.807) is 24.3 Å². The van der Waals surface area contributed by atoms with Gasteiger partial charge in [-0.25, -0.2) is 0 Å². The highest BCUT2D eigenvalue weighted by atomic mass is 35.5. The van der Waals surface area contributed by atoms with Gasteiger partial charge in [0.15, 0.2) is 0 Å². The largest absolute Gasteiger partial charge is 0.352 e. The third kappa shape index (κ3) is 4.90. The summed E-state index contributed by atoms with van der Waals surface area (Å²) in [6, 6.07) is 14.3. The Morgan fingerprint density at radius 3 is 2.23 bits per heavy atom. The van der Waals surface area contributed by atoms with Crippen LogP contribution in [0.25, 0.3) is 0 Å². The van der Waals surface area contributed by atoms with Crippen LogP contribution in [0.2, 0.25) is 5.02 Å². The molecule has 2 N–H and O–H groups in total. The van der Waals surface area contributed by atoms with E-state index >= 15 is 0 Å². The van der Waals surface area contributed by atoms with Crippen molar-refractivity contribution in [2.45, 2.75) is 13.3 Å². The number of hydrogen-bond acceptors (Lipinski definition) is 2. The summed E-state index contributed by atoms with van der Waals surface area (Å²) in [5.41, 5.74) is 2.35. The molecular formula is C17H17ClN2O2. The molecule has 0 atom stereocenters. The van der Waals surface area contributed by atoms with Gasteiger partial charge in [-0.05, 0) is 48.4 Å². The molecule has 0 fully saturated rings. The molecule has 0 saturated carbocycles. The molecule has 5 heteroatoms. The number of carbonyl (C=O) groups is 2. The van der Waals surface area contributed by atoms with Gasteiger partial charge in [0.05, 0.1) is 0 Å². The molecule has 0 aliphatic carbocycles. The molecule has 0 spiro atoms. The molecule has 2 rings (SSSR count). The van der Waals surface area contributed by atoms with Crippen molar-refractivity contribution in [1.82, 2.24) is 5.32 Å². The molecule has 2 aromatic rings. The van der Waals surface area contributed by atoms with Crippen LogP contribution in [0.15, 0.2) is 48.5 Å². The highest BCUT2D eigenvalue weighted by Gasteiger charge is 2.05. The molecule has 2 aromatic carbocycles. The van der Waals surface area contributed by atoms with Crippen LogP contribution in [0, 0.1) is 0 Å². The second-order valence-corrected chi connectivity index (χ2v) is 5.33. The summed E-state index contributed by atoms with van der Waals surface area (Å²) in [5, 5.41) is 6.22. The van der Waals surface area contributed by atoms with Crippen molar-refractivity contribution in [3.63, 3.8) is 0 Å². The van der Waals surface area contributed by atoms with Crippen molar-refractivity contribution < 1.29 is 9.59 Å². The first kappa shape index (κ1) is 16.0. The Kier molecular flexibility index (Phi) is 5.55. The summed E-state index contributed by atoms with van der Waals surface area (Å²) in [5.74, 6) is -0.275. The van der Waals surface area contributed by atoms with Gasteiger partial charge in [0.2, 0.25) is 5.91 Å². The van der Waals surface area contributed by atoms with Crippen LogP contribution in [0.4, 0.5) is 5.69 Å². The van der Waals surface area contributed by atoms with Crippen LogP contribution in [-0.2, 0) is 11.2 Å². The Balaban J connectivity index is 1.84. The molecule has 22 heavy (non-hydrogen) atoms. The number of anilines is 1. The van der Waals surface area contributed by atoms with Gasteiger partial charge < -0.3 is 10.6 Å². The fourth-order valence-electron chi connectivity index (χ4n) is 1.98. The molecule has 2 amide bonds. The van der Waals surface area contributed by atoms with Gasteiger partial charge in [-0.3, -0.25) is 9.59 Å². The summed E-state index contributed by atoms with van der Waals surface area (Å²) in [4.78, 5) is 22.9. The third-order valence-corrected chi connectivity index (χ3v) is 3.33. The first-order valence-corrected chi connectivity index (χ1v) is 7.33. The maximum absolute atomic E-state index is 12.0. The lowest BCUT2D eigenvalue weighted by Gasteiger charge is -2.07. The normalized spacial score (nSPS) is 10.1. The maximum Gasteiger partial charge on any atom is 0.251 e. The number of carbonyl (C=O) groups excluding carboxylic acids is 2. The lowest BCUT2D eigenvalue weighted by atomic mass is 10.1. The van der Waals surface area contributed by atoms with Gasteiger partial charge >= 0.3 is 0 Å². The predicted molar refractivity (Wildman–Crippen MR) is 88.2 cm³/mol. The number of halogens is 1. The van der Waals surface area contributed by atoms with Crippen molar-refractivity contribution in [2.75, 3.05) is 11.9 Å². The van der Waals surface area contributed by atoms with Gasteiger partial charge in [0.25, 0.3) is 5.91 Å². The minimum absolute atomic E-state index is 0.136. The molecule has 0 heterocycles. The van der Waals surface area contributed by atoms with Gasteiger partial charge in [0, 0.05) is 29.7 Å². The molecule has 0 aromatic heterocycles. The summed E-state index contributed by atoms with van der Waals surface area (Å²) in [7, 11) is 0. The van der Waals surface area contributed by atoms with Crippen molar-refractivity contribution in [2.24, 2.45) is 0 Å². The predicted octanol–water partition coefficient (Wildman–Crippen LogP) is 3.27. The van der Waals surface area contributed by atoms with Crippen LogP contribution in [0.3, 0.4) is 0 Å². The third-order valence-electron chi connectivity index (χ3n) is 3.08. The SMILES string of the molecule is CC(=O)Nc1ccc(C(=O)NCCc2ccc(Cl)cc2)cc1. The van der Waals surface area contributed by atoms with E-state index in [0.717, 1.165) is 12.0 Å². The first-order chi connectivity index (χ1) is 10.5. The second-order valence-electron chi connectivity index (χ2n) is 4.89. The minimum atomic E-state index is -0.139. The zero-order valence-corrected chi connectivity index (χ0v) is 13.0. The molecular weight excluding hydrogens is 300 g/mol. The standard InChI is InChI=1S/C17H17ClN2O2/c1-12(21)20-16-8-4-14(5-9-16)17(22)19-11-10-13-2-6-15(18)7-3-13/h2-9H,10-11H2,1H3,(H,19,22)(H,20,21). The molecule has 0 aliphatic rings. The number of rotatable bonds is 5. The first-order valence-electron chi connectivity index (χ1n) is 6.95. The Hall–Kier alpha value is -2.33. The fraction of sp³-hybridized carbons (Fsp3) is 0.176. The average Bonchev–Trinajstić information content (AvgIpc) is 2.49. The van der Waals surface area contributed by atoms with Gasteiger partial charge in [-0.2, -0.15) is 0 Å². The quantitative estimate of drug-likeness (QED) is 0.889.